The topological polar surface area (TPSA) is 41.1 Å². The molecule has 1 aromatic heterocycles. The van der Waals surface area contributed by atoms with Crippen LogP contribution in [0.15, 0.2) is 41.4 Å². The Morgan fingerprint density at radius 3 is 2.86 bits per heavy atom. The molecule has 4 nitrogen and oxygen atoms in total. The van der Waals surface area contributed by atoms with Crippen LogP contribution in [0.5, 0.6) is 0 Å². The Morgan fingerprint density at radius 2 is 2.09 bits per heavy atom. The smallest absolute Gasteiger partial charge is 0.223 e. The van der Waals surface area contributed by atoms with Crippen molar-refractivity contribution in [1.29, 1.82) is 0 Å². The first kappa shape index (κ1) is 15.6. The molecular formula is C16H19ClN4S. The van der Waals surface area contributed by atoms with Gasteiger partial charge in [0.25, 0.3) is 0 Å². The number of halogens is 1. The van der Waals surface area contributed by atoms with Gasteiger partial charge in [0.2, 0.25) is 5.95 Å². The van der Waals surface area contributed by atoms with E-state index in [1.165, 1.54) is 11.3 Å². The molecule has 1 unspecified atom stereocenters. The maximum absolute atomic E-state index is 5.93. The molecule has 0 bridgehead atoms. The minimum Gasteiger partial charge on any atom is -0.350 e. The van der Waals surface area contributed by atoms with Crippen molar-refractivity contribution in [2.45, 2.75) is 30.7 Å². The van der Waals surface area contributed by atoms with E-state index in [2.05, 4.69) is 31.7 Å². The average molecular weight is 335 g/mol. The third-order valence-electron chi connectivity index (χ3n) is 3.56. The van der Waals surface area contributed by atoms with Crippen molar-refractivity contribution in [2.24, 2.45) is 0 Å². The van der Waals surface area contributed by atoms with Crippen LogP contribution in [0.4, 0.5) is 5.95 Å². The van der Waals surface area contributed by atoms with Crippen LogP contribution in [0.2, 0.25) is 5.02 Å². The highest BCUT2D eigenvalue weighted by molar-refractivity contribution is 7.97. The number of rotatable bonds is 4. The molecule has 1 aliphatic heterocycles. The van der Waals surface area contributed by atoms with Crippen LogP contribution >= 0.6 is 23.5 Å². The lowest BCUT2D eigenvalue weighted by Crippen LogP contribution is -2.38. The summed E-state index contributed by atoms with van der Waals surface area (Å²) in [5, 5.41) is 4.23. The van der Waals surface area contributed by atoms with Gasteiger partial charge in [0, 0.05) is 40.9 Å². The lowest BCUT2D eigenvalue weighted by atomic mass is 10.1. The molecule has 0 radical (unpaired) electrons. The molecule has 1 fully saturated rings. The zero-order chi connectivity index (χ0) is 15.4. The fourth-order valence-electron chi connectivity index (χ4n) is 2.49. The van der Waals surface area contributed by atoms with Gasteiger partial charge < -0.3 is 5.32 Å². The zero-order valence-corrected chi connectivity index (χ0v) is 14.1. The number of nitrogens with one attached hydrogen (secondary N) is 1. The first-order chi connectivity index (χ1) is 10.7. The van der Waals surface area contributed by atoms with Crippen LogP contribution in [-0.4, -0.2) is 33.4 Å². The summed E-state index contributed by atoms with van der Waals surface area (Å²) in [6.45, 7) is 4.06. The van der Waals surface area contributed by atoms with Crippen molar-refractivity contribution in [3.05, 3.63) is 47.2 Å². The lowest BCUT2D eigenvalue weighted by molar-refractivity contribution is 0.355. The SMILES string of the molecule is Cc1ccnc(NC2CCCN(Sc3ccc(Cl)cc3)C2)n1. The number of aryl methyl sites for hydroxylation is 1. The van der Waals surface area contributed by atoms with Gasteiger partial charge in [0.05, 0.1) is 0 Å². The minimum absolute atomic E-state index is 0.385. The Balaban J connectivity index is 1.58. The van der Waals surface area contributed by atoms with Crippen LogP contribution in [-0.2, 0) is 0 Å². The van der Waals surface area contributed by atoms with Gasteiger partial charge in [0.15, 0.2) is 0 Å². The fraction of sp³-hybridized carbons (Fsp3) is 0.375. The number of hydrogen-bond acceptors (Lipinski definition) is 5. The average Bonchev–Trinajstić information content (AvgIpc) is 2.50. The maximum atomic E-state index is 5.93. The Morgan fingerprint density at radius 1 is 1.27 bits per heavy atom. The molecule has 0 aliphatic carbocycles. The maximum Gasteiger partial charge on any atom is 0.223 e. The van der Waals surface area contributed by atoms with Gasteiger partial charge in [-0.25, -0.2) is 14.3 Å². The second-order valence-corrected chi connectivity index (χ2v) is 7.05. The molecule has 1 atom stereocenters. The number of piperidine rings is 1. The first-order valence-electron chi connectivity index (χ1n) is 7.44. The van der Waals surface area contributed by atoms with E-state index in [9.17, 15) is 0 Å². The standard InChI is InChI=1S/C16H19ClN4S/c1-12-8-9-18-16(19-12)20-14-3-2-10-21(11-14)22-15-6-4-13(17)5-7-15/h4-9,14H,2-3,10-11H2,1H3,(H,18,19,20). The molecule has 0 saturated carbocycles. The van der Waals surface area contributed by atoms with Crippen LogP contribution in [0, 0.1) is 6.92 Å². The lowest BCUT2D eigenvalue weighted by Gasteiger charge is -2.32. The van der Waals surface area contributed by atoms with E-state index in [1.807, 2.05) is 25.1 Å². The third-order valence-corrected chi connectivity index (χ3v) is 4.89. The van der Waals surface area contributed by atoms with E-state index in [1.54, 1.807) is 18.1 Å². The molecule has 1 aromatic carbocycles. The van der Waals surface area contributed by atoms with Gasteiger partial charge >= 0.3 is 0 Å². The summed E-state index contributed by atoms with van der Waals surface area (Å²) in [5.74, 6) is 0.725. The van der Waals surface area contributed by atoms with E-state index < -0.39 is 0 Å². The summed E-state index contributed by atoms with van der Waals surface area (Å²) in [5.41, 5.74) is 0.987. The predicted octanol–water partition coefficient (Wildman–Crippen LogP) is 4.02. The number of benzene rings is 1. The Hall–Kier alpha value is -1.30. The van der Waals surface area contributed by atoms with Crippen LogP contribution in [0.1, 0.15) is 18.5 Å². The summed E-state index contributed by atoms with van der Waals surface area (Å²) in [7, 11) is 0. The molecular weight excluding hydrogens is 316 g/mol. The summed E-state index contributed by atoms with van der Waals surface area (Å²) < 4.78 is 2.39. The monoisotopic (exact) mass is 334 g/mol. The summed E-state index contributed by atoms with van der Waals surface area (Å²) in [6.07, 6.45) is 4.12. The highest BCUT2D eigenvalue weighted by Gasteiger charge is 2.21. The number of nitrogens with zero attached hydrogens (tertiary/aromatic N) is 3. The summed E-state index contributed by atoms with van der Waals surface area (Å²) in [4.78, 5) is 9.93. The molecule has 116 valence electrons. The van der Waals surface area contributed by atoms with Crippen molar-refractivity contribution >= 4 is 29.5 Å². The van der Waals surface area contributed by atoms with Gasteiger partial charge in [-0.1, -0.05) is 11.6 Å². The predicted molar refractivity (Wildman–Crippen MR) is 92.3 cm³/mol. The van der Waals surface area contributed by atoms with Crippen molar-refractivity contribution < 1.29 is 0 Å². The molecule has 6 heteroatoms. The van der Waals surface area contributed by atoms with E-state index in [0.29, 0.717) is 6.04 Å². The van der Waals surface area contributed by atoms with Gasteiger partial charge in [-0.15, -0.1) is 0 Å². The molecule has 1 saturated heterocycles. The molecule has 0 spiro atoms. The van der Waals surface area contributed by atoms with E-state index >= 15 is 0 Å². The van der Waals surface area contributed by atoms with E-state index in [0.717, 1.165) is 36.2 Å². The van der Waals surface area contributed by atoms with Crippen molar-refractivity contribution in [2.75, 3.05) is 18.4 Å². The van der Waals surface area contributed by atoms with Gasteiger partial charge in [-0.3, -0.25) is 0 Å². The Bertz CT molecular complexity index is 620. The molecule has 1 N–H and O–H groups in total. The van der Waals surface area contributed by atoms with Gasteiger partial charge in [-0.05, 0) is 62.0 Å². The Kier molecular flexibility index (Phi) is 5.18. The number of hydrogen-bond donors (Lipinski definition) is 1. The quantitative estimate of drug-likeness (QED) is 0.855. The summed E-state index contributed by atoms with van der Waals surface area (Å²) in [6, 6.07) is 10.3. The molecule has 2 heterocycles. The van der Waals surface area contributed by atoms with Gasteiger partial charge in [-0.2, -0.15) is 0 Å². The third kappa shape index (κ3) is 4.35. The normalized spacial score (nSPS) is 19.1. The minimum atomic E-state index is 0.385. The second kappa shape index (κ2) is 7.31. The first-order valence-corrected chi connectivity index (χ1v) is 8.59. The largest absolute Gasteiger partial charge is 0.350 e. The molecule has 22 heavy (non-hydrogen) atoms. The van der Waals surface area contributed by atoms with Crippen LogP contribution < -0.4 is 5.32 Å². The summed E-state index contributed by atoms with van der Waals surface area (Å²) >= 11 is 7.72. The van der Waals surface area contributed by atoms with Crippen molar-refractivity contribution in [3.63, 3.8) is 0 Å². The highest BCUT2D eigenvalue weighted by Crippen LogP contribution is 2.27. The van der Waals surface area contributed by atoms with Crippen LogP contribution in [0.3, 0.4) is 0 Å². The number of anilines is 1. The van der Waals surface area contributed by atoms with Crippen molar-refractivity contribution in [1.82, 2.24) is 14.3 Å². The fourth-order valence-corrected chi connectivity index (χ4v) is 3.65. The Labute approximate surface area is 140 Å². The second-order valence-electron chi connectivity index (χ2n) is 5.44. The zero-order valence-electron chi connectivity index (χ0n) is 12.5. The highest BCUT2D eigenvalue weighted by atomic mass is 35.5. The molecule has 0 amide bonds. The van der Waals surface area contributed by atoms with E-state index in [-0.39, 0.29) is 0 Å². The van der Waals surface area contributed by atoms with Gasteiger partial charge in [0.1, 0.15) is 0 Å². The van der Waals surface area contributed by atoms with Crippen LogP contribution in [0.25, 0.3) is 0 Å². The number of aromatic nitrogens is 2. The van der Waals surface area contributed by atoms with Crippen molar-refractivity contribution in [3.8, 4) is 0 Å². The van der Waals surface area contributed by atoms with E-state index in [4.69, 9.17) is 11.6 Å². The molecule has 3 rings (SSSR count). The molecule has 2 aromatic rings. The molecule has 1 aliphatic rings.